The van der Waals surface area contributed by atoms with Crippen LogP contribution in [0.25, 0.3) is 5.69 Å². The second-order valence-electron chi connectivity index (χ2n) is 7.37. The average Bonchev–Trinajstić information content (AvgIpc) is 3.43. The maximum atomic E-state index is 5.97. The third-order valence-corrected chi connectivity index (χ3v) is 5.12. The van der Waals surface area contributed by atoms with E-state index in [1.165, 1.54) is 5.56 Å². The molecule has 1 aliphatic heterocycles. The SMILES string of the molecule is CCNC(=NCCc1cnn(-c2ccccc2)c1)N1CCOC(c2cnn(C)c2)C1. The molecule has 1 saturated heterocycles. The predicted molar refractivity (Wildman–Crippen MR) is 117 cm³/mol. The van der Waals surface area contributed by atoms with E-state index in [-0.39, 0.29) is 6.10 Å². The van der Waals surface area contributed by atoms with E-state index in [1.54, 1.807) is 0 Å². The number of hydrogen-bond acceptors (Lipinski definition) is 4. The predicted octanol–water partition coefficient (Wildman–Crippen LogP) is 2.19. The Morgan fingerprint density at radius 3 is 2.83 bits per heavy atom. The normalized spacial score (nSPS) is 17.3. The van der Waals surface area contributed by atoms with Gasteiger partial charge in [0.15, 0.2) is 5.96 Å². The number of para-hydroxylation sites is 1. The molecule has 2 aromatic heterocycles. The summed E-state index contributed by atoms with van der Waals surface area (Å²) in [6.45, 7) is 5.90. The van der Waals surface area contributed by atoms with Crippen molar-refractivity contribution in [3.8, 4) is 5.69 Å². The number of aromatic nitrogens is 4. The van der Waals surface area contributed by atoms with Crippen LogP contribution in [0.5, 0.6) is 0 Å². The molecule has 8 nitrogen and oxygen atoms in total. The first kappa shape index (κ1) is 20.2. The van der Waals surface area contributed by atoms with Crippen LogP contribution in [0.3, 0.4) is 0 Å². The second-order valence-corrected chi connectivity index (χ2v) is 7.37. The number of hydrogen-bond donors (Lipinski definition) is 1. The molecule has 0 saturated carbocycles. The molecule has 1 aromatic carbocycles. The fourth-order valence-corrected chi connectivity index (χ4v) is 3.58. The highest BCUT2D eigenvalue weighted by Gasteiger charge is 2.25. The van der Waals surface area contributed by atoms with Gasteiger partial charge in [-0.2, -0.15) is 10.2 Å². The highest BCUT2D eigenvalue weighted by molar-refractivity contribution is 5.80. The Morgan fingerprint density at radius 1 is 1.20 bits per heavy atom. The lowest BCUT2D eigenvalue weighted by Crippen LogP contribution is -2.48. The zero-order valence-electron chi connectivity index (χ0n) is 17.6. The fourth-order valence-electron chi connectivity index (χ4n) is 3.58. The molecule has 0 spiro atoms. The van der Waals surface area contributed by atoms with E-state index in [4.69, 9.17) is 9.73 Å². The average molecular weight is 408 g/mol. The quantitative estimate of drug-likeness (QED) is 0.501. The van der Waals surface area contributed by atoms with Gasteiger partial charge in [0.2, 0.25) is 0 Å². The first-order valence-electron chi connectivity index (χ1n) is 10.5. The topological polar surface area (TPSA) is 72.5 Å². The van der Waals surface area contributed by atoms with Crippen LogP contribution in [0, 0.1) is 0 Å². The molecular weight excluding hydrogens is 378 g/mol. The first-order valence-corrected chi connectivity index (χ1v) is 10.5. The number of aryl methyl sites for hydroxylation is 1. The van der Waals surface area contributed by atoms with E-state index in [0.29, 0.717) is 13.2 Å². The maximum Gasteiger partial charge on any atom is 0.194 e. The van der Waals surface area contributed by atoms with E-state index in [1.807, 2.05) is 53.2 Å². The highest BCUT2D eigenvalue weighted by atomic mass is 16.5. The van der Waals surface area contributed by atoms with Crippen molar-refractivity contribution in [2.45, 2.75) is 19.4 Å². The van der Waals surface area contributed by atoms with Gasteiger partial charge in [-0.25, -0.2) is 4.68 Å². The number of nitrogens with one attached hydrogen (secondary N) is 1. The van der Waals surface area contributed by atoms with E-state index in [0.717, 1.165) is 43.3 Å². The molecule has 1 aliphatic rings. The second kappa shape index (κ2) is 9.58. The summed E-state index contributed by atoms with van der Waals surface area (Å²) in [4.78, 5) is 7.14. The molecule has 1 N–H and O–H groups in total. The minimum absolute atomic E-state index is 0.0143. The molecule has 0 radical (unpaired) electrons. The number of benzene rings is 1. The van der Waals surface area contributed by atoms with Gasteiger partial charge in [0.1, 0.15) is 6.10 Å². The third-order valence-electron chi connectivity index (χ3n) is 5.12. The molecule has 4 rings (SSSR count). The van der Waals surface area contributed by atoms with Crippen LogP contribution in [-0.4, -0.2) is 63.2 Å². The van der Waals surface area contributed by atoms with Crippen molar-refractivity contribution in [1.29, 1.82) is 0 Å². The molecular formula is C22H29N7O. The van der Waals surface area contributed by atoms with Gasteiger partial charge in [-0.05, 0) is 31.0 Å². The van der Waals surface area contributed by atoms with Crippen molar-refractivity contribution in [2.24, 2.45) is 12.0 Å². The van der Waals surface area contributed by atoms with E-state index < -0.39 is 0 Å². The Hall–Kier alpha value is -3.13. The molecule has 158 valence electrons. The molecule has 1 fully saturated rings. The Kier molecular flexibility index (Phi) is 6.44. The van der Waals surface area contributed by atoms with E-state index in [9.17, 15) is 0 Å². The third kappa shape index (κ3) is 4.88. The number of ether oxygens (including phenoxy) is 1. The standard InChI is InChI=1S/C22H29N7O/c1-3-23-22(28-11-12-30-21(17-28)19-14-25-27(2)16-19)24-10-9-18-13-26-29(15-18)20-7-5-4-6-8-20/h4-8,13-16,21H,3,9-12,17H2,1-2H3,(H,23,24). The minimum Gasteiger partial charge on any atom is -0.370 e. The summed E-state index contributed by atoms with van der Waals surface area (Å²) in [5.74, 6) is 0.935. The van der Waals surface area contributed by atoms with Crippen molar-refractivity contribution in [2.75, 3.05) is 32.8 Å². The van der Waals surface area contributed by atoms with Gasteiger partial charge in [0.25, 0.3) is 0 Å². The Balaban J connectivity index is 1.38. The zero-order chi connectivity index (χ0) is 20.8. The summed E-state index contributed by atoms with van der Waals surface area (Å²) in [6, 6.07) is 10.1. The molecule has 0 amide bonds. The first-order chi connectivity index (χ1) is 14.7. The Labute approximate surface area is 177 Å². The monoisotopic (exact) mass is 407 g/mol. The summed E-state index contributed by atoms with van der Waals surface area (Å²) in [5, 5.41) is 12.2. The molecule has 30 heavy (non-hydrogen) atoms. The van der Waals surface area contributed by atoms with Gasteiger partial charge in [-0.1, -0.05) is 18.2 Å². The van der Waals surface area contributed by atoms with Crippen LogP contribution >= 0.6 is 0 Å². The molecule has 1 atom stereocenters. The van der Waals surface area contributed by atoms with Crippen molar-refractivity contribution in [3.05, 3.63) is 66.2 Å². The van der Waals surface area contributed by atoms with Crippen molar-refractivity contribution >= 4 is 5.96 Å². The van der Waals surface area contributed by atoms with Crippen molar-refractivity contribution < 1.29 is 4.74 Å². The van der Waals surface area contributed by atoms with Crippen LogP contribution in [0.1, 0.15) is 24.2 Å². The van der Waals surface area contributed by atoms with E-state index >= 15 is 0 Å². The summed E-state index contributed by atoms with van der Waals surface area (Å²) < 4.78 is 9.69. The van der Waals surface area contributed by atoms with Gasteiger partial charge < -0.3 is 15.0 Å². The Bertz CT molecular complexity index is 963. The van der Waals surface area contributed by atoms with Crippen LogP contribution in [-0.2, 0) is 18.2 Å². The number of guanidine groups is 1. The van der Waals surface area contributed by atoms with E-state index in [2.05, 4.69) is 45.7 Å². The lowest BCUT2D eigenvalue weighted by molar-refractivity contribution is -0.00803. The van der Waals surface area contributed by atoms with Gasteiger partial charge in [0, 0.05) is 44.6 Å². The van der Waals surface area contributed by atoms with Gasteiger partial charge >= 0.3 is 0 Å². The summed E-state index contributed by atoms with van der Waals surface area (Å²) in [5.41, 5.74) is 3.34. The van der Waals surface area contributed by atoms with Gasteiger partial charge in [-0.15, -0.1) is 0 Å². The van der Waals surface area contributed by atoms with Crippen LogP contribution < -0.4 is 5.32 Å². The highest BCUT2D eigenvalue weighted by Crippen LogP contribution is 2.21. The summed E-state index contributed by atoms with van der Waals surface area (Å²) >= 11 is 0. The summed E-state index contributed by atoms with van der Waals surface area (Å²) in [7, 11) is 1.93. The smallest absolute Gasteiger partial charge is 0.194 e. The van der Waals surface area contributed by atoms with Gasteiger partial charge in [-0.3, -0.25) is 9.67 Å². The molecule has 8 heteroatoms. The molecule has 0 aliphatic carbocycles. The molecule has 3 aromatic rings. The summed E-state index contributed by atoms with van der Waals surface area (Å²) in [6.07, 6.45) is 8.75. The van der Waals surface area contributed by atoms with Gasteiger partial charge in [0.05, 0.1) is 31.2 Å². The number of nitrogens with zero attached hydrogens (tertiary/aromatic N) is 6. The minimum atomic E-state index is 0.0143. The van der Waals surface area contributed by atoms with Crippen LogP contribution in [0.4, 0.5) is 0 Å². The fraction of sp³-hybridized carbons (Fsp3) is 0.409. The zero-order valence-corrected chi connectivity index (χ0v) is 17.6. The lowest BCUT2D eigenvalue weighted by atomic mass is 10.1. The van der Waals surface area contributed by atoms with Crippen LogP contribution in [0.15, 0.2) is 60.1 Å². The molecule has 0 bridgehead atoms. The Morgan fingerprint density at radius 2 is 2.07 bits per heavy atom. The molecule has 3 heterocycles. The van der Waals surface area contributed by atoms with Crippen LogP contribution in [0.2, 0.25) is 0 Å². The lowest BCUT2D eigenvalue weighted by Gasteiger charge is -2.34. The number of morpholine rings is 1. The number of aliphatic imine (C=N–C) groups is 1. The number of rotatable bonds is 6. The van der Waals surface area contributed by atoms with Crippen molar-refractivity contribution in [3.63, 3.8) is 0 Å². The van der Waals surface area contributed by atoms with Crippen molar-refractivity contribution in [1.82, 2.24) is 29.8 Å². The maximum absolute atomic E-state index is 5.97. The largest absolute Gasteiger partial charge is 0.370 e. The molecule has 1 unspecified atom stereocenters.